The molecule has 1 aliphatic carbocycles. The molecule has 0 spiro atoms. The second kappa shape index (κ2) is 5.48. The lowest BCUT2D eigenvalue weighted by atomic mass is 9.80. The standard InChI is InChI=1S/C15H20N4S/c1-10-7-11(2)9-12(8-10)19-14(17-18-15(19)20)13-5-3-4-6-16-13/h3-6,10-12H,7-9H2,1-2H3,(H,18,20). The zero-order valence-electron chi connectivity index (χ0n) is 11.9. The molecule has 1 saturated carbocycles. The molecule has 0 bridgehead atoms. The van der Waals surface area contributed by atoms with E-state index >= 15 is 0 Å². The minimum Gasteiger partial charge on any atom is -0.296 e. The van der Waals surface area contributed by atoms with E-state index in [2.05, 4.69) is 33.6 Å². The molecule has 0 amide bonds. The van der Waals surface area contributed by atoms with Crippen LogP contribution in [0.15, 0.2) is 24.4 Å². The van der Waals surface area contributed by atoms with Gasteiger partial charge in [0.15, 0.2) is 10.6 Å². The lowest BCUT2D eigenvalue weighted by molar-refractivity contribution is 0.221. The topological polar surface area (TPSA) is 46.5 Å². The van der Waals surface area contributed by atoms with Crippen molar-refractivity contribution in [1.82, 2.24) is 19.7 Å². The van der Waals surface area contributed by atoms with Gasteiger partial charge in [-0.05, 0) is 55.4 Å². The average Bonchev–Trinajstić information content (AvgIpc) is 2.80. The molecule has 106 valence electrons. The van der Waals surface area contributed by atoms with Gasteiger partial charge in [-0.2, -0.15) is 5.10 Å². The van der Waals surface area contributed by atoms with Crippen molar-refractivity contribution < 1.29 is 0 Å². The molecule has 2 aromatic heterocycles. The summed E-state index contributed by atoms with van der Waals surface area (Å²) in [6.07, 6.45) is 5.43. The molecule has 0 aromatic carbocycles. The Morgan fingerprint density at radius 3 is 2.60 bits per heavy atom. The average molecular weight is 288 g/mol. The van der Waals surface area contributed by atoms with Crippen molar-refractivity contribution >= 4 is 12.2 Å². The van der Waals surface area contributed by atoms with Crippen molar-refractivity contribution in [3.05, 3.63) is 29.2 Å². The molecule has 0 radical (unpaired) electrons. The van der Waals surface area contributed by atoms with Crippen molar-refractivity contribution in [3.63, 3.8) is 0 Å². The van der Waals surface area contributed by atoms with Gasteiger partial charge >= 0.3 is 0 Å². The summed E-state index contributed by atoms with van der Waals surface area (Å²) in [5, 5.41) is 7.33. The molecule has 0 aliphatic heterocycles. The maximum absolute atomic E-state index is 5.45. The Morgan fingerprint density at radius 2 is 1.95 bits per heavy atom. The third kappa shape index (κ3) is 2.54. The van der Waals surface area contributed by atoms with E-state index in [9.17, 15) is 0 Å². The first-order chi connectivity index (χ1) is 9.65. The number of nitrogens with zero attached hydrogens (tertiary/aromatic N) is 3. The van der Waals surface area contributed by atoms with Crippen molar-refractivity contribution in [2.45, 2.75) is 39.2 Å². The summed E-state index contributed by atoms with van der Waals surface area (Å²) in [5.74, 6) is 2.33. The van der Waals surface area contributed by atoms with Gasteiger partial charge in [-0.1, -0.05) is 19.9 Å². The van der Waals surface area contributed by atoms with Gasteiger partial charge < -0.3 is 0 Å². The Labute approximate surface area is 124 Å². The normalized spacial score (nSPS) is 26.6. The van der Waals surface area contributed by atoms with Crippen LogP contribution in [0.5, 0.6) is 0 Å². The van der Waals surface area contributed by atoms with Crippen molar-refractivity contribution in [3.8, 4) is 11.5 Å². The Kier molecular flexibility index (Phi) is 3.70. The molecule has 2 atom stereocenters. The lowest BCUT2D eigenvalue weighted by Crippen LogP contribution is -2.23. The van der Waals surface area contributed by atoms with Gasteiger partial charge in [0.25, 0.3) is 0 Å². The summed E-state index contributed by atoms with van der Waals surface area (Å²) < 4.78 is 2.88. The monoisotopic (exact) mass is 288 g/mol. The van der Waals surface area contributed by atoms with Crippen LogP contribution in [0.4, 0.5) is 0 Å². The highest BCUT2D eigenvalue weighted by atomic mass is 32.1. The van der Waals surface area contributed by atoms with Gasteiger partial charge in [-0.15, -0.1) is 0 Å². The highest BCUT2D eigenvalue weighted by Crippen LogP contribution is 2.37. The SMILES string of the molecule is CC1CC(C)CC(n2c(-c3ccccn3)n[nH]c2=S)C1. The molecule has 2 heterocycles. The molecular formula is C15H20N4S. The number of hydrogen-bond acceptors (Lipinski definition) is 3. The summed E-state index contributed by atoms with van der Waals surface area (Å²) in [4.78, 5) is 4.41. The fourth-order valence-corrected chi connectivity index (χ4v) is 3.72. The molecule has 0 saturated heterocycles. The van der Waals surface area contributed by atoms with Crippen LogP contribution in [0, 0.1) is 16.6 Å². The number of hydrogen-bond donors (Lipinski definition) is 1. The van der Waals surface area contributed by atoms with Gasteiger partial charge in [0.2, 0.25) is 0 Å². The van der Waals surface area contributed by atoms with E-state index < -0.39 is 0 Å². The zero-order chi connectivity index (χ0) is 14.1. The molecule has 2 unspecified atom stereocenters. The Morgan fingerprint density at radius 1 is 1.20 bits per heavy atom. The number of nitrogens with one attached hydrogen (secondary N) is 1. The Hall–Kier alpha value is -1.49. The molecular weight excluding hydrogens is 268 g/mol. The minimum absolute atomic E-state index is 0.428. The maximum Gasteiger partial charge on any atom is 0.195 e. The zero-order valence-corrected chi connectivity index (χ0v) is 12.7. The van der Waals surface area contributed by atoms with E-state index in [1.165, 1.54) is 6.42 Å². The molecule has 1 aliphatic rings. The fourth-order valence-electron chi connectivity index (χ4n) is 3.43. The smallest absolute Gasteiger partial charge is 0.195 e. The van der Waals surface area contributed by atoms with E-state index in [0.717, 1.165) is 36.2 Å². The molecule has 2 aromatic rings. The summed E-state index contributed by atoms with van der Waals surface area (Å²) >= 11 is 5.45. The summed E-state index contributed by atoms with van der Waals surface area (Å²) in [5.41, 5.74) is 0.880. The highest BCUT2D eigenvalue weighted by Gasteiger charge is 2.27. The van der Waals surface area contributed by atoms with Gasteiger partial charge in [-0.25, -0.2) is 0 Å². The quantitative estimate of drug-likeness (QED) is 0.850. The molecule has 5 heteroatoms. The number of H-pyrrole nitrogens is 1. The molecule has 1 N–H and O–H groups in total. The molecule has 4 nitrogen and oxygen atoms in total. The van der Waals surface area contributed by atoms with Crippen LogP contribution < -0.4 is 0 Å². The van der Waals surface area contributed by atoms with Gasteiger partial charge in [0.05, 0.1) is 0 Å². The summed E-state index contributed by atoms with van der Waals surface area (Å²) in [7, 11) is 0. The van der Waals surface area contributed by atoms with Crippen LogP contribution in [0.2, 0.25) is 0 Å². The van der Waals surface area contributed by atoms with Crippen LogP contribution in [0.25, 0.3) is 11.5 Å². The van der Waals surface area contributed by atoms with Crippen LogP contribution in [-0.2, 0) is 0 Å². The molecule has 20 heavy (non-hydrogen) atoms. The largest absolute Gasteiger partial charge is 0.296 e. The van der Waals surface area contributed by atoms with E-state index in [0.29, 0.717) is 10.8 Å². The van der Waals surface area contributed by atoms with Crippen LogP contribution in [-0.4, -0.2) is 19.7 Å². The van der Waals surface area contributed by atoms with Crippen LogP contribution in [0.3, 0.4) is 0 Å². The second-order valence-corrected chi connectivity index (χ2v) is 6.40. The van der Waals surface area contributed by atoms with E-state index in [4.69, 9.17) is 12.2 Å². The van der Waals surface area contributed by atoms with Gasteiger partial charge in [-0.3, -0.25) is 14.6 Å². The minimum atomic E-state index is 0.428. The van der Waals surface area contributed by atoms with Crippen molar-refractivity contribution in [1.29, 1.82) is 0 Å². The van der Waals surface area contributed by atoms with Crippen molar-refractivity contribution in [2.24, 2.45) is 11.8 Å². The number of aromatic nitrogens is 4. The lowest BCUT2D eigenvalue weighted by Gasteiger charge is -2.32. The number of rotatable bonds is 2. The Balaban J connectivity index is 2.01. The molecule has 1 fully saturated rings. The van der Waals surface area contributed by atoms with E-state index in [1.54, 1.807) is 6.20 Å². The van der Waals surface area contributed by atoms with Gasteiger partial charge in [0.1, 0.15) is 5.69 Å². The number of aromatic amines is 1. The van der Waals surface area contributed by atoms with Crippen LogP contribution in [0.1, 0.15) is 39.2 Å². The third-order valence-corrected chi connectivity index (χ3v) is 4.41. The van der Waals surface area contributed by atoms with E-state index in [-0.39, 0.29) is 0 Å². The molecule has 3 rings (SSSR count). The fraction of sp³-hybridized carbons (Fsp3) is 0.533. The Bertz CT molecular complexity index is 621. The highest BCUT2D eigenvalue weighted by molar-refractivity contribution is 7.71. The van der Waals surface area contributed by atoms with Crippen molar-refractivity contribution in [2.75, 3.05) is 0 Å². The summed E-state index contributed by atoms with van der Waals surface area (Å²) in [6, 6.07) is 6.31. The second-order valence-electron chi connectivity index (χ2n) is 6.01. The van der Waals surface area contributed by atoms with E-state index in [1.807, 2.05) is 18.2 Å². The first kappa shape index (κ1) is 13.5. The number of pyridine rings is 1. The van der Waals surface area contributed by atoms with Gasteiger partial charge in [0, 0.05) is 12.2 Å². The predicted molar refractivity (Wildman–Crippen MR) is 81.9 cm³/mol. The predicted octanol–water partition coefficient (Wildman–Crippen LogP) is 4.00. The third-order valence-electron chi connectivity index (χ3n) is 4.12. The first-order valence-corrected chi connectivity index (χ1v) is 7.64. The van der Waals surface area contributed by atoms with Crippen LogP contribution >= 0.6 is 12.2 Å². The summed E-state index contributed by atoms with van der Waals surface area (Å²) in [6.45, 7) is 4.65. The first-order valence-electron chi connectivity index (χ1n) is 7.23. The maximum atomic E-state index is 5.45.